The van der Waals surface area contributed by atoms with Gasteiger partial charge in [-0.3, -0.25) is 9.88 Å². The van der Waals surface area contributed by atoms with Crippen LogP contribution in [0.5, 0.6) is 0 Å². The summed E-state index contributed by atoms with van der Waals surface area (Å²) in [6, 6.07) is 10.6. The molecule has 0 bridgehead atoms. The SMILES string of the molecule is CN(Cc1ccccn1)Cc1ccc(F)cc1Br. The average Bonchev–Trinajstić information content (AvgIpc) is 2.34. The van der Waals surface area contributed by atoms with Crippen LogP contribution in [-0.4, -0.2) is 16.9 Å². The van der Waals surface area contributed by atoms with Gasteiger partial charge in [-0.15, -0.1) is 0 Å². The molecule has 0 aliphatic rings. The summed E-state index contributed by atoms with van der Waals surface area (Å²) in [6.45, 7) is 1.52. The van der Waals surface area contributed by atoms with Gasteiger partial charge in [-0.05, 0) is 36.9 Å². The Hall–Kier alpha value is -1.26. The molecule has 4 heteroatoms. The van der Waals surface area contributed by atoms with Crippen LogP contribution in [0.4, 0.5) is 4.39 Å². The van der Waals surface area contributed by atoms with E-state index in [0.29, 0.717) is 0 Å². The molecule has 0 radical (unpaired) electrons. The first-order valence-electron chi connectivity index (χ1n) is 5.67. The Labute approximate surface area is 115 Å². The minimum atomic E-state index is -0.224. The largest absolute Gasteiger partial charge is 0.296 e. The summed E-state index contributed by atoms with van der Waals surface area (Å²) in [5, 5.41) is 0. The van der Waals surface area contributed by atoms with Gasteiger partial charge in [0.15, 0.2) is 0 Å². The molecule has 0 saturated carbocycles. The maximum absolute atomic E-state index is 13.0. The number of hydrogen-bond donors (Lipinski definition) is 0. The quantitative estimate of drug-likeness (QED) is 0.857. The molecule has 0 aliphatic carbocycles. The van der Waals surface area contributed by atoms with Gasteiger partial charge in [0.05, 0.1) is 5.69 Å². The molecule has 0 spiro atoms. The lowest BCUT2D eigenvalue weighted by Gasteiger charge is -2.17. The molecule has 0 saturated heterocycles. The lowest BCUT2D eigenvalue weighted by molar-refractivity contribution is 0.314. The van der Waals surface area contributed by atoms with Gasteiger partial charge in [-0.25, -0.2) is 4.39 Å². The number of nitrogens with zero attached hydrogens (tertiary/aromatic N) is 2. The van der Waals surface area contributed by atoms with Crippen LogP contribution in [0, 0.1) is 5.82 Å². The highest BCUT2D eigenvalue weighted by atomic mass is 79.9. The molecule has 0 unspecified atom stereocenters. The molecule has 0 N–H and O–H groups in total. The fourth-order valence-corrected chi connectivity index (χ4v) is 2.24. The van der Waals surface area contributed by atoms with Gasteiger partial charge in [0.2, 0.25) is 0 Å². The number of halogens is 2. The molecule has 0 atom stereocenters. The van der Waals surface area contributed by atoms with E-state index in [1.54, 1.807) is 12.3 Å². The molecule has 0 fully saturated rings. The van der Waals surface area contributed by atoms with Gasteiger partial charge in [0.1, 0.15) is 5.82 Å². The molecule has 2 rings (SSSR count). The van der Waals surface area contributed by atoms with Crippen molar-refractivity contribution in [3.63, 3.8) is 0 Å². The van der Waals surface area contributed by atoms with Crippen LogP contribution in [-0.2, 0) is 13.1 Å². The van der Waals surface area contributed by atoms with E-state index in [1.807, 2.05) is 25.2 Å². The minimum absolute atomic E-state index is 0.224. The number of pyridine rings is 1. The standard InChI is InChI=1S/C14H14BrFN2/c1-18(10-13-4-2-3-7-17-13)9-11-5-6-12(16)8-14(11)15/h2-8H,9-10H2,1H3. The first kappa shape index (κ1) is 13.2. The van der Waals surface area contributed by atoms with Crippen molar-refractivity contribution in [1.29, 1.82) is 0 Å². The Kier molecular flexibility index (Phi) is 4.44. The molecule has 0 amide bonds. The van der Waals surface area contributed by atoms with E-state index < -0.39 is 0 Å². The zero-order valence-electron chi connectivity index (χ0n) is 10.1. The van der Waals surface area contributed by atoms with Crippen LogP contribution < -0.4 is 0 Å². The molecular weight excluding hydrogens is 295 g/mol. The average molecular weight is 309 g/mol. The first-order valence-corrected chi connectivity index (χ1v) is 6.47. The van der Waals surface area contributed by atoms with Crippen LogP contribution >= 0.6 is 15.9 Å². The Bertz CT molecular complexity index is 516. The van der Waals surface area contributed by atoms with Crippen molar-refractivity contribution in [3.05, 3.63) is 64.1 Å². The Morgan fingerprint density at radius 3 is 2.72 bits per heavy atom. The van der Waals surface area contributed by atoms with Gasteiger partial charge in [0, 0.05) is 23.8 Å². The van der Waals surface area contributed by atoms with Gasteiger partial charge in [-0.1, -0.05) is 28.1 Å². The second-order valence-corrected chi connectivity index (χ2v) is 5.08. The zero-order valence-corrected chi connectivity index (χ0v) is 11.7. The summed E-state index contributed by atoms with van der Waals surface area (Å²) < 4.78 is 13.8. The Balaban J connectivity index is 2.01. The minimum Gasteiger partial charge on any atom is -0.296 e. The van der Waals surface area contributed by atoms with Gasteiger partial charge >= 0.3 is 0 Å². The maximum Gasteiger partial charge on any atom is 0.124 e. The highest BCUT2D eigenvalue weighted by Crippen LogP contribution is 2.19. The summed E-state index contributed by atoms with van der Waals surface area (Å²) in [6.07, 6.45) is 1.79. The van der Waals surface area contributed by atoms with Crippen molar-refractivity contribution in [3.8, 4) is 0 Å². The Morgan fingerprint density at radius 1 is 1.22 bits per heavy atom. The second-order valence-electron chi connectivity index (χ2n) is 4.23. The molecule has 0 aliphatic heterocycles. The van der Waals surface area contributed by atoms with E-state index in [0.717, 1.165) is 28.8 Å². The summed E-state index contributed by atoms with van der Waals surface area (Å²) in [5.41, 5.74) is 2.09. The fourth-order valence-electron chi connectivity index (χ4n) is 1.76. The van der Waals surface area contributed by atoms with E-state index >= 15 is 0 Å². The number of aromatic nitrogens is 1. The second kappa shape index (κ2) is 6.07. The van der Waals surface area contributed by atoms with Crippen molar-refractivity contribution in [1.82, 2.24) is 9.88 Å². The molecular formula is C14H14BrFN2. The number of benzene rings is 1. The van der Waals surface area contributed by atoms with Crippen molar-refractivity contribution in [2.45, 2.75) is 13.1 Å². The maximum atomic E-state index is 13.0. The molecule has 2 nitrogen and oxygen atoms in total. The van der Waals surface area contributed by atoms with E-state index in [2.05, 4.69) is 25.8 Å². The summed E-state index contributed by atoms with van der Waals surface area (Å²) in [5.74, 6) is -0.224. The lowest BCUT2D eigenvalue weighted by atomic mass is 10.2. The van der Waals surface area contributed by atoms with Crippen molar-refractivity contribution < 1.29 is 4.39 Å². The summed E-state index contributed by atoms with van der Waals surface area (Å²) >= 11 is 3.38. The van der Waals surface area contributed by atoms with Crippen LogP contribution in [0.3, 0.4) is 0 Å². The van der Waals surface area contributed by atoms with Crippen LogP contribution in [0.15, 0.2) is 47.1 Å². The fraction of sp³-hybridized carbons (Fsp3) is 0.214. The first-order chi connectivity index (χ1) is 8.65. The summed E-state index contributed by atoms with van der Waals surface area (Å²) in [7, 11) is 2.02. The molecule has 94 valence electrons. The number of hydrogen-bond acceptors (Lipinski definition) is 2. The smallest absolute Gasteiger partial charge is 0.124 e. The van der Waals surface area contributed by atoms with Crippen molar-refractivity contribution >= 4 is 15.9 Å². The van der Waals surface area contributed by atoms with E-state index in [1.165, 1.54) is 12.1 Å². The van der Waals surface area contributed by atoms with Crippen molar-refractivity contribution in [2.24, 2.45) is 0 Å². The number of rotatable bonds is 4. The van der Waals surface area contributed by atoms with E-state index in [9.17, 15) is 4.39 Å². The van der Waals surface area contributed by atoms with E-state index in [4.69, 9.17) is 0 Å². The van der Waals surface area contributed by atoms with Gasteiger partial charge in [0.25, 0.3) is 0 Å². The summed E-state index contributed by atoms with van der Waals surface area (Å²) in [4.78, 5) is 6.42. The molecule has 1 aromatic carbocycles. The third-order valence-electron chi connectivity index (χ3n) is 2.61. The predicted octanol–water partition coefficient (Wildman–Crippen LogP) is 3.62. The lowest BCUT2D eigenvalue weighted by Crippen LogP contribution is -2.18. The molecule has 18 heavy (non-hydrogen) atoms. The van der Waals surface area contributed by atoms with Crippen LogP contribution in [0.25, 0.3) is 0 Å². The highest BCUT2D eigenvalue weighted by molar-refractivity contribution is 9.10. The zero-order chi connectivity index (χ0) is 13.0. The molecule has 1 aromatic heterocycles. The van der Waals surface area contributed by atoms with Crippen molar-refractivity contribution in [2.75, 3.05) is 7.05 Å². The monoisotopic (exact) mass is 308 g/mol. The molecule has 1 heterocycles. The van der Waals surface area contributed by atoms with Gasteiger partial charge in [-0.2, -0.15) is 0 Å². The highest BCUT2D eigenvalue weighted by Gasteiger charge is 2.06. The van der Waals surface area contributed by atoms with Crippen LogP contribution in [0.1, 0.15) is 11.3 Å². The van der Waals surface area contributed by atoms with Gasteiger partial charge < -0.3 is 0 Å². The Morgan fingerprint density at radius 2 is 2.06 bits per heavy atom. The third kappa shape index (κ3) is 3.62. The predicted molar refractivity (Wildman–Crippen MR) is 73.5 cm³/mol. The van der Waals surface area contributed by atoms with Crippen LogP contribution in [0.2, 0.25) is 0 Å². The molecule has 2 aromatic rings. The normalized spacial score (nSPS) is 10.9. The van der Waals surface area contributed by atoms with E-state index in [-0.39, 0.29) is 5.82 Å². The third-order valence-corrected chi connectivity index (χ3v) is 3.35. The topological polar surface area (TPSA) is 16.1 Å².